The van der Waals surface area contributed by atoms with Crippen LogP contribution in [0, 0.1) is 6.92 Å². The van der Waals surface area contributed by atoms with Crippen molar-refractivity contribution in [2.24, 2.45) is 0 Å². The van der Waals surface area contributed by atoms with Crippen LogP contribution in [0.3, 0.4) is 0 Å². The van der Waals surface area contributed by atoms with E-state index < -0.39 is 11.5 Å². The summed E-state index contributed by atoms with van der Waals surface area (Å²) in [6.07, 6.45) is 1.82. The molecule has 0 aliphatic rings. The van der Waals surface area contributed by atoms with Crippen molar-refractivity contribution in [2.75, 3.05) is 10.6 Å². The molecule has 0 spiro atoms. The van der Waals surface area contributed by atoms with E-state index in [0.717, 1.165) is 11.4 Å². The molecule has 5 rings (SSSR count). The molecule has 0 atom stereocenters. The first kappa shape index (κ1) is 20.1. The van der Waals surface area contributed by atoms with Crippen molar-refractivity contribution < 1.29 is 9.21 Å². The Kier molecular flexibility index (Phi) is 5.12. The van der Waals surface area contributed by atoms with Crippen molar-refractivity contribution in [2.45, 2.75) is 6.92 Å². The molecular weight excluding hydrogens is 420 g/mol. The Labute approximate surface area is 187 Å². The molecule has 9 heteroatoms. The lowest BCUT2D eigenvalue weighted by Crippen LogP contribution is -2.20. The highest BCUT2D eigenvalue weighted by molar-refractivity contribution is 6.05. The average molecular weight is 438 g/mol. The zero-order valence-electron chi connectivity index (χ0n) is 17.5. The van der Waals surface area contributed by atoms with Gasteiger partial charge in [0, 0.05) is 23.0 Å². The third kappa shape index (κ3) is 4.33. The number of hydrogen-bond donors (Lipinski definition) is 2. The Bertz CT molecular complexity index is 1500. The molecule has 0 aliphatic carbocycles. The number of fused-ring (bicyclic) bond motifs is 1. The average Bonchev–Trinajstić information content (AvgIpc) is 3.26. The Morgan fingerprint density at radius 2 is 1.73 bits per heavy atom. The quantitative estimate of drug-likeness (QED) is 0.397. The molecule has 5 aromatic rings. The van der Waals surface area contributed by atoms with Crippen LogP contribution < -0.4 is 16.3 Å². The number of carbonyl (C=O) groups excluding carboxylic acids is 1. The maximum Gasteiger partial charge on any atom is 0.349 e. The summed E-state index contributed by atoms with van der Waals surface area (Å²) < 4.78 is 6.88. The first-order valence-electron chi connectivity index (χ1n) is 10.1. The van der Waals surface area contributed by atoms with Crippen molar-refractivity contribution in [1.82, 2.24) is 20.0 Å². The monoisotopic (exact) mass is 438 g/mol. The molecule has 9 nitrogen and oxygen atoms in total. The summed E-state index contributed by atoms with van der Waals surface area (Å²) in [7, 11) is 0. The summed E-state index contributed by atoms with van der Waals surface area (Å²) in [5.74, 6) is 0.642. The molecule has 1 amide bonds. The van der Waals surface area contributed by atoms with E-state index in [-0.39, 0.29) is 5.56 Å². The Morgan fingerprint density at radius 1 is 0.939 bits per heavy atom. The summed E-state index contributed by atoms with van der Waals surface area (Å²) >= 11 is 0. The number of hydrogen-bond acceptors (Lipinski definition) is 7. The molecule has 0 radical (unpaired) electrons. The van der Waals surface area contributed by atoms with E-state index in [9.17, 15) is 9.59 Å². The fraction of sp³-hybridized carbons (Fsp3) is 0.0417. The van der Waals surface area contributed by atoms with Gasteiger partial charge in [-0.3, -0.25) is 4.79 Å². The lowest BCUT2D eigenvalue weighted by atomic mass is 10.1. The van der Waals surface area contributed by atoms with Gasteiger partial charge >= 0.3 is 5.63 Å². The van der Waals surface area contributed by atoms with E-state index in [2.05, 4.69) is 25.9 Å². The number of rotatable bonds is 5. The third-order valence-corrected chi connectivity index (χ3v) is 4.91. The van der Waals surface area contributed by atoms with Crippen LogP contribution in [0.2, 0.25) is 0 Å². The lowest BCUT2D eigenvalue weighted by molar-refractivity contribution is 0.102. The molecule has 0 bridgehead atoms. The SMILES string of the molecule is Cc1ccn(-c2ccc(Nc3ccc(NC(=O)c4cc5ccccc5oc4=O)cc3)nn2)n1. The number of para-hydroxylation sites is 1. The number of nitrogens with one attached hydrogen (secondary N) is 2. The molecule has 0 aliphatic heterocycles. The van der Waals surface area contributed by atoms with Crippen molar-refractivity contribution in [3.05, 3.63) is 101 Å². The minimum absolute atomic E-state index is 0.0568. The smallest absolute Gasteiger partial charge is 0.349 e. The summed E-state index contributed by atoms with van der Waals surface area (Å²) in [4.78, 5) is 24.8. The van der Waals surface area contributed by atoms with Crippen LogP contribution in [0.4, 0.5) is 17.2 Å². The maximum absolute atomic E-state index is 12.6. The van der Waals surface area contributed by atoms with Gasteiger partial charge in [-0.05, 0) is 61.5 Å². The standard InChI is InChI=1S/C24H18N6O3/c1-15-12-13-30(29-15)22-11-10-21(27-28-22)25-17-6-8-18(9-7-17)26-23(31)19-14-16-4-2-3-5-20(16)33-24(19)32/h2-14H,1H3,(H,25,27)(H,26,31). The molecule has 3 aromatic heterocycles. The molecule has 33 heavy (non-hydrogen) atoms. The van der Waals surface area contributed by atoms with Crippen LogP contribution in [0.5, 0.6) is 0 Å². The number of benzene rings is 2. The Balaban J connectivity index is 1.26. The fourth-order valence-corrected chi connectivity index (χ4v) is 3.26. The van der Waals surface area contributed by atoms with Crippen LogP contribution in [0.15, 0.2) is 88.2 Å². The number of aromatic nitrogens is 4. The molecular formula is C24H18N6O3. The van der Waals surface area contributed by atoms with Crippen molar-refractivity contribution in [3.8, 4) is 5.82 Å². The van der Waals surface area contributed by atoms with Gasteiger partial charge < -0.3 is 15.1 Å². The number of nitrogens with zero attached hydrogens (tertiary/aromatic N) is 4. The van der Waals surface area contributed by atoms with Gasteiger partial charge in [0.2, 0.25) is 0 Å². The number of aryl methyl sites for hydroxylation is 1. The van der Waals surface area contributed by atoms with Gasteiger partial charge in [0.25, 0.3) is 5.91 Å². The number of carbonyl (C=O) groups is 1. The Hall–Kier alpha value is -4.79. The molecule has 0 fully saturated rings. The van der Waals surface area contributed by atoms with Gasteiger partial charge in [0.1, 0.15) is 11.1 Å². The second-order valence-electron chi connectivity index (χ2n) is 7.32. The zero-order valence-corrected chi connectivity index (χ0v) is 17.5. The van der Waals surface area contributed by atoms with E-state index in [4.69, 9.17) is 4.42 Å². The second kappa shape index (κ2) is 8.39. The highest BCUT2D eigenvalue weighted by Gasteiger charge is 2.14. The molecule has 162 valence electrons. The summed E-state index contributed by atoms with van der Waals surface area (Å²) in [6.45, 7) is 1.91. The number of anilines is 3. The van der Waals surface area contributed by atoms with Gasteiger partial charge in [0.05, 0.1) is 5.69 Å². The van der Waals surface area contributed by atoms with Gasteiger partial charge in [0.15, 0.2) is 11.6 Å². The van der Waals surface area contributed by atoms with Crippen molar-refractivity contribution >= 4 is 34.1 Å². The highest BCUT2D eigenvalue weighted by atomic mass is 16.4. The van der Waals surface area contributed by atoms with Crippen LogP contribution in [-0.4, -0.2) is 25.9 Å². The van der Waals surface area contributed by atoms with Crippen LogP contribution in [-0.2, 0) is 0 Å². The van der Waals surface area contributed by atoms with Crippen LogP contribution in [0.1, 0.15) is 16.1 Å². The topological polar surface area (TPSA) is 115 Å². The van der Waals surface area contributed by atoms with Gasteiger partial charge in [-0.25, -0.2) is 9.48 Å². The molecule has 0 saturated heterocycles. The highest BCUT2D eigenvalue weighted by Crippen LogP contribution is 2.19. The molecule has 2 N–H and O–H groups in total. The van der Waals surface area contributed by atoms with Crippen molar-refractivity contribution in [3.63, 3.8) is 0 Å². The number of amides is 1. The van der Waals surface area contributed by atoms with Crippen molar-refractivity contribution in [1.29, 1.82) is 0 Å². The molecule has 2 aromatic carbocycles. The van der Waals surface area contributed by atoms with E-state index in [0.29, 0.717) is 28.3 Å². The minimum Gasteiger partial charge on any atom is -0.422 e. The summed E-state index contributed by atoms with van der Waals surface area (Å²) in [6, 6.07) is 21.1. The third-order valence-electron chi connectivity index (χ3n) is 4.91. The normalized spacial score (nSPS) is 10.8. The predicted molar refractivity (Wildman–Crippen MR) is 124 cm³/mol. The first-order valence-corrected chi connectivity index (χ1v) is 10.1. The summed E-state index contributed by atoms with van der Waals surface area (Å²) in [5, 5.41) is 19.2. The van der Waals surface area contributed by atoms with E-state index in [1.807, 2.05) is 31.3 Å². The molecule has 3 heterocycles. The molecule has 0 unspecified atom stereocenters. The van der Waals surface area contributed by atoms with E-state index >= 15 is 0 Å². The summed E-state index contributed by atoms with van der Waals surface area (Å²) in [5.41, 5.74) is 1.89. The second-order valence-corrected chi connectivity index (χ2v) is 7.32. The lowest BCUT2D eigenvalue weighted by Gasteiger charge is -2.08. The minimum atomic E-state index is -0.684. The molecule has 0 saturated carbocycles. The van der Waals surface area contributed by atoms with Gasteiger partial charge in [-0.1, -0.05) is 18.2 Å². The largest absolute Gasteiger partial charge is 0.422 e. The van der Waals surface area contributed by atoms with Gasteiger partial charge in [-0.15, -0.1) is 10.2 Å². The first-order chi connectivity index (χ1) is 16.0. The maximum atomic E-state index is 12.6. The van der Waals surface area contributed by atoms with E-state index in [1.54, 1.807) is 53.2 Å². The van der Waals surface area contributed by atoms with Gasteiger partial charge in [-0.2, -0.15) is 5.10 Å². The van der Waals surface area contributed by atoms with Crippen LogP contribution in [0.25, 0.3) is 16.8 Å². The zero-order chi connectivity index (χ0) is 22.8. The van der Waals surface area contributed by atoms with E-state index in [1.165, 1.54) is 6.07 Å². The Morgan fingerprint density at radius 3 is 2.45 bits per heavy atom. The predicted octanol–water partition coefficient (Wildman–Crippen LogP) is 4.07. The van der Waals surface area contributed by atoms with Crippen LogP contribution >= 0.6 is 0 Å². The fourth-order valence-electron chi connectivity index (χ4n) is 3.26.